The average molecular weight is 353 g/mol. The van der Waals surface area contributed by atoms with Gasteiger partial charge < -0.3 is 9.84 Å². The second-order valence-electron chi connectivity index (χ2n) is 4.99. The average Bonchev–Trinajstić information content (AvgIpc) is 2.95. The van der Waals surface area contributed by atoms with E-state index in [1.807, 2.05) is 0 Å². The molecule has 0 unspecified atom stereocenters. The summed E-state index contributed by atoms with van der Waals surface area (Å²) in [7, 11) is -4.02. The summed E-state index contributed by atoms with van der Waals surface area (Å²) in [6.45, 7) is -1.39. The number of hydrogen-bond acceptors (Lipinski definition) is 4. The molecular formula is C13H14F3NO5S. The van der Waals surface area contributed by atoms with Crippen LogP contribution in [0.25, 0.3) is 0 Å². The van der Waals surface area contributed by atoms with Gasteiger partial charge in [-0.05, 0) is 37.1 Å². The molecule has 0 aliphatic carbocycles. The molecule has 10 heteroatoms. The molecule has 1 N–H and O–H groups in total. The lowest BCUT2D eigenvalue weighted by atomic mass is 10.2. The molecular weight excluding hydrogens is 339 g/mol. The van der Waals surface area contributed by atoms with Crippen molar-refractivity contribution in [1.29, 1.82) is 0 Å². The molecule has 2 rings (SSSR count). The molecule has 6 nitrogen and oxygen atoms in total. The first-order chi connectivity index (χ1) is 10.6. The van der Waals surface area contributed by atoms with Crippen LogP contribution in [0.1, 0.15) is 12.8 Å². The van der Waals surface area contributed by atoms with Crippen LogP contribution in [0.15, 0.2) is 29.2 Å². The van der Waals surface area contributed by atoms with Crippen LogP contribution in [0.3, 0.4) is 0 Å². The van der Waals surface area contributed by atoms with Gasteiger partial charge in [0, 0.05) is 6.54 Å². The number of rotatable bonds is 5. The van der Waals surface area contributed by atoms with E-state index in [-0.39, 0.29) is 23.6 Å². The number of carboxylic acid groups (broad SMARTS) is 1. The molecule has 1 saturated heterocycles. The smallest absolute Gasteiger partial charge is 0.422 e. The SMILES string of the molecule is O=C(O)[C@H]1CCCN1S(=O)(=O)c1ccc(OCC(F)(F)F)cc1. The monoisotopic (exact) mass is 353 g/mol. The highest BCUT2D eigenvalue weighted by atomic mass is 32.2. The molecule has 1 heterocycles. The molecule has 0 aromatic heterocycles. The molecule has 128 valence electrons. The molecule has 1 aliphatic heterocycles. The maximum absolute atomic E-state index is 12.4. The van der Waals surface area contributed by atoms with Crippen molar-refractivity contribution in [2.75, 3.05) is 13.2 Å². The minimum absolute atomic E-state index is 0.0889. The highest BCUT2D eigenvalue weighted by molar-refractivity contribution is 7.89. The summed E-state index contributed by atoms with van der Waals surface area (Å²) in [5.74, 6) is -1.35. The van der Waals surface area contributed by atoms with E-state index in [1.54, 1.807) is 0 Å². The fraction of sp³-hybridized carbons (Fsp3) is 0.462. The Hall–Kier alpha value is -1.81. The van der Waals surface area contributed by atoms with Crippen LogP contribution in [0, 0.1) is 0 Å². The number of sulfonamides is 1. The summed E-state index contributed by atoms with van der Waals surface area (Å²) in [5.41, 5.74) is 0. The van der Waals surface area contributed by atoms with Gasteiger partial charge in [0.15, 0.2) is 6.61 Å². The van der Waals surface area contributed by atoms with Gasteiger partial charge in [-0.15, -0.1) is 0 Å². The maximum Gasteiger partial charge on any atom is 0.422 e. The first-order valence-electron chi connectivity index (χ1n) is 6.65. The van der Waals surface area contributed by atoms with E-state index in [2.05, 4.69) is 4.74 Å². The Morgan fingerprint density at radius 3 is 2.43 bits per heavy atom. The van der Waals surface area contributed by atoms with Crippen LogP contribution in [-0.2, 0) is 14.8 Å². The second kappa shape index (κ2) is 6.36. The van der Waals surface area contributed by atoms with Crippen molar-refractivity contribution in [3.63, 3.8) is 0 Å². The number of aliphatic carboxylic acids is 1. The number of halogens is 3. The number of hydrogen-bond donors (Lipinski definition) is 1. The van der Waals surface area contributed by atoms with Gasteiger partial charge in [0.1, 0.15) is 11.8 Å². The number of carbonyl (C=O) groups is 1. The first-order valence-corrected chi connectivity index (χ1v) is 8.09. The van der Waals surface area contributed by atoms with Crippen molar-refractivity contribution in [3.05, 3.63) is 24.3 Å². The minimum Gasteiger partial charge on any atom is -0.484 e. The van der Waals surface area contributed by atoms with Gasteiger partial charge >= 0.3 is 12.1 Å². The predicted octanol–water partition coefficient (Wildman–Crippen LogP) is 1.87. The zero-order valence-corrected chi connectivity index (χ0v) is 12.6. The number of benzene rings is 1. The fourth-order valence-electron chi connectivity index (χ4n) is 2.28. The van der Waals surface area contributed by atoms with E-state index in [1.165, 1.54) is 0 Å². The van der Waals surface area contributed by atoms with E-state index in [0.717, 1.165) is 28.6 Å². The third-order valence-electron chi connectivity index (χ3n) is 3.32. The second-order valence-corrected chi connectivity index (χ2v) is 6.88. The highest BCUT2D eigenvalue weighted by Crippen LogP contribution is 2.27. The predicted molar refractivity (Wildman–Crippen MR) is 72.5 cm³/mol. The summed E-state index contributed by atoms with van der Waals surface area (Å²) in [5, 5.41) is 9.05. The maximum atomic E-state index is 12.4. The third kappa shape index (κ3) is 4.14. The largest absolute Gasteiger partial charge is 0.484 e. The topological polar surface area (TPSA) is 83.9 Å². The molecule has 1 atom stereocenters. The first kappa shape index (κ1) is 17.5. The Kier molecular flexibility index (Phi) is 4.85. The minimum atomic E-state index is -4.49. The lowest BCUT2D eigenvalue weighted by Gasteiger charge is -2.21. The van der Waals surface area contributed by atoms with Crippen molar-refractivity contribution >= 4 is 16.0 Å². The summed E-state index contributed by atoms with van der Waals surface area (Å²) in [4.78, 5) is 10.9. The van der Waals surface area contributed by atoms with Gasteiger partial charge in [0.2, 0.25) is 10.0 Å². The molecule has 23 heavy (non-hydrogen) atoms. The summed E-state index contributed by atoms with van der Waals surface area (Å²) in [6.07, 6.45) is -3.83. The van der Waals surface area contributed by atoms with E-state index in [0.29, 0.717) is 6.42 Å². The van der Waals surface area contributed by atoms with Gasteiger partial charge in [-0.1, -0.05) is 0 Å². The molecule has 0 spiro atoms. The Morgan fingerprint density at radius 1 is 1.30 bits per heavy atom. The van der Waals surface area contributed by atoms with Crippen molar-refractivity contribution in [3.8, 4) is 5.75 Å². The molecule has 0 saturated carbocycles. The van der Waals surface area contributed by atoms with Crippen LogP contribution >= 0.6 is 0 Å². The molecule has 0 radical (unpaired) electrons. The summed E-state index contributed by atoms with van der Waals surface area (Å²) < 4.78 is 66.4. The summed E-state index contributed by atoms with van der Waals surface area (Å²) in [6, 6.07) is 3.27. The van der Waals surface area contributed by atoms with Gasteiger partial charge in [-0.3, -0.25) is 4.79 Å². The van der Waals surface area contributed by atoms with Crippen LogP contribution in [-0.4, -0.2) is 49.2 Å². The molecule has 1 fully saturated rings. The molecule has 1 aromatic rings. The Balaban J connectivity index is 2.16. The normalized spacial score (nSPS) is 19.7. The van der Waals surface area contributed by atoms with Crippen LogP contribution in [0.5, 0.6) is 5.75 Å². The molecule has 0 amide bonds. The Morgan fingerprint density at radius 2 is 1.91 bits per heavy atom. The molecule has 1 aliphatic rings. The lowest BCUT2D eigenvalue weighted by Crippen LogP contribution is -2.40. The Bertz CT molecular complexity index is 672. The fourth-order valence-corrected chi connectivity index (χ4v) is 3.93. The van der Waals surface area contributed by atoms with Gasteiger partial charge in [0.05, 0.1) is 4.90 Å². The number of alkyl halides is 3. The van der Waals surface area contributed by atoms with Crippen molar-refractivity contribution < 1.29 is 36.2 Å². The quantitative estimate of drug-likeness (QED) is 0.874. The highest BCUT2D eigenvalue weighted by Gasteiger charge is 2.39. The van der Waals surface area contributed by atoms with Gasteiger partial charge in [0.25, 0.3) is 0 Å². The zero-order valence-electron chi connectivity index (χ0n) is 11.8. The Labute approximate surface area is 130 Å². The van der Waals surface area contributed by atoms with Gasteiger partial charge in [-0.2, -0.15) is 17.5 Å². The molecule has 0 bridgehead atoms. The van der Waals surface area contributed by atoms with E-state index in [4.69, 9.17) is 5.11 Å². The zero-order chi connectivity index (χ0) is 17.3. The number of carboxylic acids is 1. The van der Waals surface area contributed by atoms with Crippen LogP contribution in [0.2, 0.25) is 0 Å². The van der Waals surface area contributed by atoms with Crippen LogP contribution < -0.4 is 4.74 Å². The number of ether oxygens (including phenoxy) is 1. The molecule has 1 aromatic carbocycles. The van der Waals surface area contributed by atoms with E-state index < -0.39 is 34.8 Å². The third-order valence-corrected chi connectivity index (χ3v) is 5.24. The summed E-state index contributed by atoms with van der Waals surface area (Å²) >= 11 is 0. The van der Waals surface area contributed by atoms with Crippen molar-refractivity contribution in [1.82, 2.24) is 4.31 Å². The van der Waals surface area contributed by atoms with Crippen LogP contribution in [0.4, 0.5) is 13.2 Å². The van der Waals surface area contributed by atoms with Crippen molar-refractivity contribution in [2.45, 2.75) is 30.0 Å². The van der Waals surface area contributed by atoms with E-state index >= 15 is 0 Å². The number of nitrogens with zero attached hydrogens (tertiary/aromatic N) is 1. The van der Waals surface area contributed by atoms with Gasteiger partial charge in [-0.25, -0.2) is 8.42 Å². The lowest BCUT2D eigenvalue weighted by molar-refractivity contribution is -0.153. The van der Waals surface area contributed by atoms with Crippen molar-refractivity contribution in [2.24, 2.45) is 0 Å². The van der Waals surface area contributed by atoms with E-state index in [9.17, 15) is 26.4 Å². The standard InChI is InChI=1S/C13H14F3NO5S/c14-13(15,16)8-22-9-3-5-10(6-4-9)23(20,21)17-7-1-2-11(17)12(18)19/h3-6,11H,1-2,7-8H2,(H,18,19)/t11-/m1/s1.